The van der Waals surface area contributed by atoms with Gasteiger partial charge in [-0.05, 0) is 27.8 Å². The zero-order valence-corrected chi connectivity index (χ0v) is 9.27. The van der Waals surface area contributed by atoms with E-state index in [0.29, 0.717) is 17.0 Å². The number of allylic oxidation sites excluding steroid dienone is 1. The molecule has 14 heavy (non-hydrogen) atoms. The van der Waals surface area contributed by atoms with E-state index in [1.54, 1.807) is 20.9 Å². The predicted octanol–water partition coefficient (Wildman–Crippen LogP) is 0.259. The summed E-state index contributed by atoms with van der Waals surface area (Å²) in [6.07, 6.45) is 0. The SMILES string of the molecule is C=C(N)/C(=C(\C)N)C(C)(NC)C(C)=O. The maximum atomic E-state index is 11.5. The number of likely N-dealkylation sites (N-methyl/N-ethyl adjacent to an activating group) is 1. The van der Waals surface area contributed by atoms with Gasteiger partial charge in [-0.2, -0.15) is 0 Å². The summed E-state index contributed by atoms with van der Waals surface area (Å²) in [6, 6.07) is 0. The Kier molecular flexibility index (Phi) is 3.89. The molecule has 0 saturated heterocycles. The number of rotatable bonds is 4. The molecule has 0 rings (SSSR count). The van der Waals surface area contributed by atoms with E-state index in [-0.39, 0.29) is 5.78 Å². The molecule has 0 fully saturated rings. The van der Waals surface area contributed by atoms with E-state index in [9.17, 15) is 4.79 Å². The summed E-state index contributed by atoms with van der Waals surface area (Å²) in [4.78, 5) is 11.5. The minimum atomic E-state index is -0.856. The van der Waals surface area contributed by atoms with Crippen LogP contribution in [0.4, 0.5) is 0 Å². The second-order valence-corrected chi connectivity index (χ2v) is 3.51. The first-order chi connectivity index (χ1) is 6.27. The molecule has 0 radical (unpaired) electrons. The van der Waals surface area contributed by atoms with Crippen molar-refractivity contribution in [2.75, 3.05) is 7.05 Å². The third-order valence-corrected chi connectivity index (χ3v) is 2.42. The van der Waals surface area contributed by atoms with Crippen molar-refractivity contribution in [3.8, 4) is 0 Å². The topological polar surface area (TPSA) is 81.1 Å². The third-order valence-electron chi connectivity index (χ3n) is 2.42. The molecule has 0 bridgehead atoms. The fourth-order valence-electron chi connectivity index (χ4n) is 1.45. The summed E-state index contributed by atoms with van der Waals surface area (Å²) in [5.41, 5.74) is 11.8. The van der Waals surface area contributed by atoms with Crippen molar-refractivity contribution in [3.63, 3.8) is 0 Å². The first-order valence-corrected chi connectivity index (χ1v) is 4.39. The van der Waals surface area contributed by atoms with Crippen molar-refractivity contribution in [1.82, 2.24) is 5.32 Å². The molecule has 0 aromatic rings. The molecule has 0 aliphatic rings. The lowest BCUT2D eigenvalue weighted by Crippen LogP contribution is -2.50. The van der Waals surface area contributed by atoms with Crippen molar-refractivity contribution in [1.29, 1.82) is 0 Å². The molecular weight excluding hydrogens is 178 g/mol. The Bertz CT molecular complexity index is 290. The van der Waals surface area contributed by atoms with E-state index in [4.69, 9.17) is 11.5 Å². The van der Waals surface area contributed by atoms with Gasteiger partial charge in [0.15, 0.2) is 5.78 Å². The summed E-state index contributed by atoms with van der Waals surface area (Å²) in [5, 5.41) is 2.91. The van der Waals surface area contributed by atoms with Gasteiger partial charge in [-0.25, -0.2) is 0 Å². The number of carbonyl (C=O) groups excluding carboxylic acids is 1. The average molecular weight is 197 g/mol. The first kappa shape index (κ1) is 12.7. The Labute approximate surface area is 85.0 Å². The minimum Gasteiger partial charge on any atom is -0.402 e. The van der Waals surface area contributed by atoms with E-state index >= 15 is 0 Å². The maximum Gasteiger partial charge on any atom is 0.154 e. The smallest absolute Gasteiger partial charge is 0.154 e. The van der Waals surface area contributed by atoms with Gasteiger partial charge in [0.25, 0.3) is 0 Å². The highest BCUT2D eigenvalue weighted by Gasteiger charge is 2.34. The van der Waals surface area contributed by atoms with Crippen molar-refractivity contribution in [2.24, 2.45) is 11.5 Å². The molecule has 0 aromatic heterocycles. The summed E-state index contributed by atoms with van der Waals surface area (Å²) in [5.74, 6) is -0.0496. The second kappa shape index (κ2) is 4.28. The Morgan fingerprint density at radius 1 is 1.36 bits per heavy atom. The van der Waals surface area contributed by atoms with E-state index in [2.05, 4.69) is 11.9 Å². The molecule has 0 spiro atoms. The van der Waals surface area contributed by atoms with Crippen LogP contribution in [0.1, 0.15) is 20.8 Å². The fraction of sp³-hybridized carbons (Fsp3) is 0.500. The largest absolute Gasteiger partial charge is 0.402 e. The molecule has 0 aliphatic heterocycles. The number of hydrogen-bond acceptors (Lipinski definition) is 4. The Morgan fingerprint density at radius 2 is 1.79 bits per heavy atom. The quantitative estimate of drug-likeness (QED) is 0.565. The third kappa shape index (κ3) is 2.14. The number of Topliss-reactive ketones (excluding diaryl/α,β-unsaturated/α-hetero) is 1. The zero-order valence-electron chi connectivity index (χ0n) is 9.27. The van der Waals surface area contributed by atoms with Gasteiger partial charge in [-0.1, -0.05) is 6.58 Å². The predicted molar refractivity (Wildman–Crippen MR) is 58.4 cm³/mol. The summed E-state index contributed by atoms with van der Waals surface area (Å²) in [6.45, 7) is 8.54. The molecule has 0 saturated carbocycles. The van der Waals surface area contributed by atoms with Crippen LogP contribution in [-0.4, -0.2) is 18.4 Å². The van der Waals surface area contributed by atoms with Gasteiger partial charge in [-0.3, -0.25) is 4.79 Å². The number of carbonyl (C=O) groups is 1. The highest BCUT2D eigenvalue weighted by atomic mass is 16.1. The molecule has 0 aromatic carbocycles. The van der Waals surface area contributed by atoms with Gasteiger partial charge in [0, 0.05) is 17.0 Å². The molecule has 1 unspecified atom stereocenters. The van der Waals surface area contributed by atoms with Crippen LogP contribution in [0.3, 0.4) is 0 Å². The van der Waals surface area contributed by atoms with Gasteiger partial charge in [0.1, 0.15) is 5.54 Å². The molecule has 5 N–H and O–H groups in total. The van der Waals surface area contributed by atoms with Gasteiger partial charge in [-0.15, -0.1) is 0 Å². The monoisotopic (exact) mass is 197 g/mol. The molecular formula is C10H19N3O. The van der Waals surface area contributed by atoms with Crippen molar-refractivity contribution in [3.05, 3.63) is 23.5 Å². The highest BCUT2D eigenvalue weighted by Crippen LogP contribution is 2.23. The van der Waals surface area contributed by atoms with Gasteiger partial charge in [0.2, 0.25) is 0 Å². The summed E-state index contributed by atoms with van der Waals surface area (Å²) in [7, 11) is 1.69. The number of nitrogens with one attached hydrogen (secondary N) is 1. The fourth-order valence-corrected chi connectivity index (χ4v) is 1.45. The van der Waals surface area contributed by atoms with Crippen LogP contribution in [0.2, 0.25) is 0 Å². The second-order valence-electron chi connectivity index (χ2n) is 3.51. The van der Waals surface area contributed by atoms with Crippen molar-refractivity contribution in [2.45, 2.75) is 26.3 Å². The molecule has 0 aliphatic carbocycles. The van der Waals surface area contributed by atoms with E-state index < -0.39 is 5.54 Å². The Morgan fingerprint density at radius 3 is 1.86 bits per heavy atom. The van der Waals surface area contributed by atoms with Crippen LogP contribution in [0.15, 0.2) is 23.5 Å². The van der Waals surface area contributed by atoms with Crippen LogP contribution in [0.5, 0.6) is 0 Å². The van der Waals surface area contributed by atoms with Crippen LogP contribution < -0.4 is 16.8 Å². The van der Waals surface area contributed by atoms with E-state index in [1.807, 2.05) is 0 Å². The molecule has 0 amide bonds. The summed E-state index contributed by atoms with van der Waals surface area (Å²) < 4.78 is 0. The average Bonchev–Trinajstić information content (AvgIpc) is 2.02. The van der Waals surface area contributed by atoms with Gasteiger partial charge < -0.3 is 16.8 Å². The normalized spacial score (nSPS) is 16.9. The standard InChI is InChI=1S/C10H19N3O/c1-6(11)9(7(2)12)10(4,13-5)8(3)14/h13H,1,11-12H2,2-5H3/b9-7-. The van der Waals surface area contributed by atoms with Crippen molar-refractivity contribution < 1.29 is 4.79 Å². The molecule has 1 atom stereocenters. The lowest BCUT2D eigenvalue weighted by Gasteiger charge is -2.30. The van der Waals surface area contributed by atoms with Crippen molar-refractivity contribution >= 4 is 5.78 Å². The van der Waals surface area contributed by atoms with Gasteiger partial charge in [0.05, 0.1) is 0 Å². The van der Waals surface area contributed by atoms with Crippen LogP contribution in [-0.2, 0) is 4.79 Å². The van der Waals surface area contributed by atoms with Crippen LogP contribution in [0, 0.1) is 0 Å². The molecule has 0 heterocycles. The zero-order chi connectivity index (χ0) is 11.5. The highest BCUT2D eigenvalue weighted by molar-refractivity contribution is 5.90. The first-order valence-electron chi connectivity index (χ1n) is 4.39. The van der Waals surface area contributed by atoms with E-state index in [0.717, 1.165) is 0 Å². The Balaban J connectivity index is 5.51. The van der Waals surface area contributed by atoms with Crippen LogP contribution in [0.25, 0.3) is 0 Å². The number of hydrogen-bond donors (Lipinski definition) is 3. The van der Waals surface area contributed by atoms with E-state index in [1.165, 1.54) is 6.92 Å². The van der Waals surface area contributed by atoms with Crippen LogP contribution >= 0.6 is 0 Å². The molecule has 80 valence electrons. The lowest BCUT2D eigenvalue weighted by molar-refractivity contribution is -0.121. The number of nitrogens with two attached hydrogens (primary N) is 2. The number of ketones is 1. The maximum absolute atomic E-state index is 11.5. The lowest BCUT2D eigenvalue weighted by atomic mass is 9.85. The molecule has 4 heteroatoms. The summed E-state index contributed by atoms with van der Waals surface area (Å²) >= 11 is 0. The Hall–Kier alpha value is -1.29. The van der Waals surface area contributed by atoms with Gasteiger partial charge >= 0.3 is 0 Å². The minimum absolute atomic E-state index is 0.0496. The molecule has 4 nitrogen and oxygen atoms in total.